The number of hydrogen-bond acceptors (Lipinski definition) is 2. The lowest BCUT2D eigenvalue weighted by atomic mass is 9.99. The van der Waals surface area contributed by atoms with Crippen molar-refractivity contribution in [3.63, 3.8) is 0 Å². The highest BCUT2D eigenvalue weighted by Gasteiger charge is 2.22. The van der Waals surface area contributed by atoms with Crippen molar-refractivity contribution in [2.24, 2.45) is 0 Å². The first-order valence-corrected chi connectivity index (χ1v) is 9.90. The van der Waals surface area contributed by atoms with E-state index in [-0.39, 0.29) is 11.8 Å². The van der Waals surface area contributed by atoms with Gasteiger partial charge in [-0.2, -0.15) is 0 Å². The summed E-state index contributed by atoms with van der Waals surface area (Å²) in [5.41, 5.74) is 5.20. The van der Waals surface area contributed by atoms with Gasteiger partial charge in [-0.25, -0.2) is 0 Å². The molecule has 0 aliphatic carbocycles. The second kappa shape index (κ2) is 7.95. The second-order valence-corrected chi connectivity index (χ2v) is 7.52. The monoisotopic (exact) mass is 362 g/mol. The maximum atomic E-state index is 12.5. The van der Waals surface area contributed by atoms with E-state index in [0.29, 0.717) is 32.4 Å². The third-order valence-electron chi connectivity index (χ3n) is 5.75. The van der Waals surface area contributed by atoms with E-state index in [1.54, 1.807) is 0 Å². The van der Waals surface area contributed by atoms with Gasteiger partial charge < -0.3 is 9.80 Å². The van der Waals surface area contributed by atoms with Crippen LogP contribution in [-0.2, 0) is 35.5 Å². The molecule has 0 saturated heterocycles. The molecule has 0 fully saturated rings. The molecule has 0 radical (unpaired) electrons. The lowest BCUT2D eigenvalue weighted by Gasteiger charge is -2.30. The van der Waals surface area contributed by atoms with Crippen molar-refractivity contribution in [1.29, 1.82) is 0 Å². The highest BCUT2D eigenvalue weighted by atomic mass is 16.2. The van der Waals surface area contributed by atoms with Crippen molar-refractivity contribution in [2.75, 3.05) is 13.1 Å². The molecular formula is C23H26N2O2. The molecule has 0 unspecified atom stereocenters. The van der Waals surface area contributed by atoms with E-state index >= 15 is 0 Å². The minimum Gasteiger partial charge on any atom is -0.338 e. The van der Waals surface area contributed by atoms with Gasteiger partial charge in [0.2, 0.25) is 11.8 Å². The van der Waals surface area contributed by atoms with Crippen LogP contribution in [0.25, 0.3) is 0 Å². The largest absolute Gasteiger partial charge is 0.338 e. The molecular weight excluding hydrogens is 336 g/mol. The summed E-state index contributed by atoms with van der Waals surface area (Å²) in [6.45, 7) is 2.97. The van der Waals surface area contributed by atoms with Gasteiger partial charge in [-0.3, -0.25) is 9.59 Å². The second-order valence-electron chi connectivity index (χ2n) is 7.52. The van der Waals surface area contributed by atoms with E-state index < -0.39 is 0 Å². The Morgan fingerprint density at radius 1 is 0.667 bits per heavy atom. The number of benzene rings is 2. The highest BCUT2D eigenvalue weighted by molar-refractivity contribution is 5.79. The van der Waals surface area contributed by atoms with Crippen LogP contribution < -0.4 is 0 Å². The molecule has 0 spiro atoms. The fraction of sp³-hybridized carbons (Fsp3) is 0.391. The van der Waals surface area contributed by atoms with Crippen molar-refractivity contribution < 1.29 is 9.59 Å². The molecule has 27 heavy (non-hydrogen) atoms. The Kier molecular flexibility index (Phi) is 5.23. The van der Waals surface area contributed by atoms with Gasteiger partial charge in [0, 0.05) is 39.0 Å². The Labute approximate surface area is 160 Å². The van der Waals surface area contributed by atoms with Crippen LogP contribution in [0.15, 0.2) is 48.5 Å². The molecule has 2 aliphatic rings. The van der Waals surface area contributed by atoms with E-state index in [1.165, 1.54) is 22.3 Å². The normalized spacial score (nSPS) is 15.9. The molecule has 0 atom stereocenters. The summed E-state index contributed by atoms with van der Waals surface area (Å²) in [5, 5.41) is 0. The molecule has 4 heteroatoms. The molecule has 140 valence electrons. The Bertz CT molecular complexity index is 776. The van der Waals surface area contributed by atoms with Crippen molar-refractivity contribution in [3.05, 3.63) is 70.8 Å². The first-order chi connectivity index (χ1) is 13.2. The molecule has 0 N–H and O–H groups in total. The van der Waals surface area contributed by atoms with Crippen molar-refractivity contribution >= 4 is 11.8 Å². The predicted octanol–water partition coefficient (Wildman–Crippen LogP) is 3.33. The number of fused-ring (bicyclic) bond motifs is 2. The van der Waals surface area contributed by atoms with Gasteiger partial charge in [-0.05, 0) is 41.5 Å². The Morgan fingerprint density at radius 2 is 1.07 bits per heavy atom. The minimum atomic E-state index is 0.168. The lowest BCUT2D eigenvalue weighted by molar-refractivity contribution is -0.133. The first-order valence-electron chi connectivity index (χ1n) is 9.90. The number of hydrogen-bond donors (Lipinski definition) is 0. The van der Waals surface area contributed by atoms with Crippen molar-refractivity contribution in [2.45, 2.75) is 45.2 Å². The molecule has 2 aliphatic heterocycles. The van der Waals surface area contributed by atoms with Gasteiger partial charge >= 0.3 is 0 Å². The van der Waals surface area contributed by atoms with Crippen molar-refractivity contribution in [3.8, 4) is 0 Å². The number of carbonyl (C=O) groups excluding carboxylic acids is 2. The van der Waals surface area contributed by atoms with Crippen LogP contribution in [0.1, 0.15) is 41.5 Å². The zero-order chi connectivity index (χ0) is 18.6. The first kappa shape index (κ1) is 17.8. The SMILES string of the molecule is O=C(CCCC(=O)N1CCc2ccccc2C1)N1CCc2ccccc2C1. The van der Waals surface area contributed by atoms with E-state index in [0.717, 1.165) is 25.9 Å². The van der Waals surface area contributed by atoms with Gasteiger partial charge in [0.15, 0.2) is 0 Å². The topological polar surface area (TPSA) is 40.6 Å². The summed E-state index contributed by atoms with van der Waals surface area (Å²) < 4.78 is 0. The summed E-state index contributed by atoms with van der Waals surface area (Å²) in [6.07, 6.45) is 3.40. The number of amides is 2. The Morgan fingerprint density at radius 3 is 1.52 bits per heavy atom. The standard InChI is InChI=1S/C23H26N2O2/c26-22(24-14-12-18-6-1-3-8-20(18)16-24)10-5-11-23(27)25-15-13-19-7-2-4-9-21(19)17-25/h1-4,6-9H,5,10-17H2. The van der Waals surface area contributed by atoms with Crippen LogP contribution in [0.4, 0.5) is 0 Å². The number of rotatable bonds is 4. The van der Waals surface area contributed by atoms with Crippen LogP contribution in [0.3, 0.4) is 0 Å². The third-order valence-corrected chi connectivity index (χ3v) is 5.75. The molecule has 4 nitrogen and oxygen atoms in total. The minimum absolute atomic E-state index is 0.168. The van der Waals surface area contributed by atoms with E-state index in [9.17, 15) is 9.59 Å². The predicted molar refractivity (Wildman–Crippen MR) is 105 cm³/mol. The fourth-order valence-corrected chi connectivity index (χ4v) is 4.12. The molecule has 2 amide bonds. The molecule has 0 bridgehead atoms. The molecule has 0 aromatic heterocycles. The fourth-order valence-electron chi connectivity index (χ4n) is 4.12. The summed E-state index contributed by atoms with van der Waals surface area (Å²) >= 11 is 0. The van der Waals surface area contributed by atoms with Gasteiger partial charge in [-0.15, -0.1) is 0 Å². The van der Waals surface area contributed by atoms with Crippen LogP contribution in [0.5, 0.6) is 0 Å². The summed E-state index contributed by atoms with van der Waals surface area (Å²) in [6, 6.07) is 16.7. The third kappa shape index (κ3) is 4.05. The summed E-state index contributed by atoms with van der Waals surface area (Å²) in [5.74, 6) is 0.336. The average Bonchev–Trinajstić information content (AvgIpc) is 2.72. The van der Waals surface area contributed by atoms with Crippen molar-refractivity contribution in [1.82, 2.24) is 9.80 Å². The van der Waals surface area contributed by atoms with Crippen LogP contribution in [0.2, 0.25) is 0 Å². The molecule has 0 saturated carbocycles. The van der Waals surface area contributed by atoms with Gasteiger partial charge in [0.1, 0.15) is 0 Å². The van der Waals surface area contributed by atoms with Gasteiger partial charge in [0.25, 0.3) is 0 Å². The molecule has 2 aromatic carbocycles. The Balaban J connectivity index is 1.24. The Hall–Kier alpha value is -2.62. The van der Waals surface area contributed by atoms with Gasteiger partial charge in [0.05, 0.1) is 0 Å². The smallest absolute Gasteiger partial charge is 0.222 e. The van der Waals surface area contributed by atoms with E-state index in [2.05, 4.69) is 36.4 Å². The van der Waals surface area contributed by atoms with Gasteiger partial charge in [-0.1, -0.05) is 48.5 Å². The quantitative estimate of drug-likeness (QED) is 0.837. The molecule has 2 aromatic rings. The zero-order valence-corrected chi connectivity index (χ0v) is 15.7. The van der Waals surface area contributed by atoms with Crippen LogP contribution in [-0.4, -0.2) is 34.7 Å². The van der Waals surface area contributed by atoms with Crippen LogP contribution >= 0.6 is 0 Å². The summed E-state index contributed by atoms with van der Waals surface area (Å²) in [4.78, 5) is 28.9. The summed E-state index contributed by atoms with van der Waals surface area (Å²) in [7, 11) is 0. The van der Waals surface area contributed by atoms with E-state index in [4.69, 9.17) is 0 Å². The number of nitrogens with zero attached hydrogens (tertiary/aromatic N) is 2. The number of carbonyl (C=O) groups is 2. The van der Waals surface area contributed by atoms with E-state index in [1.807, 2.05) is 21.9 Å². The molecule has 2 heterocycles. The van der Waals surface area contributed by atoms with Crippen LogP contribution in [0, 0.1) is 0 Å². The lowest BCUT2D eigenvalue weighted by Crippen LogP contribution is -2.37. The maximum Gasteiger partial charge on any atom is 0.222 e. The maximum absolute atomic E-state index is 12.5. The zero-order valence-electron chi connectivity index (χ0n) is 15.7. The average molecular weight is 362 g/mol. The molecule has 4 rings (SSSR count). The highest BCUT2D eigenvalue weighted by Crippen LogP contribution is 2.21.